The molecule has 2 aromatic rings. The van der Waals surface area contributed by atoms with Crippen molar-refractivity contribution >= 4 is 17.7 Å². The molecule has 3 heterocycles. The number of likely N-dealkylation sites (N-methyl/N-ethyl adjacent to an activating group) is 1. The standard InChI is InChI=1S/C32H47N5O5/c1-21(2)19-24(30(39)37-14-10-12-25(37)31(40)36-17-15-35(7)16-18-36)34-28(38)23-11-8-9-13-26(23)41-22(3)29-33-20-27(42-29)32(4,5)6/h8-9,11,13,20-22,24-25H,10,12,14-19H2,1-7H3,(H,34,38)/t22?,24-,25-/m1/s1. The summed E-state index contributed by atoms with van der Waals surface area (Å²) >= 11 is 0. The van der Waals surface area contributed by atoms with E-state index in [0.717, 1.165) is 25.3 Å². The summed E-state index contributed by atoms with van der Waals surface area (Å²) in [7, 11) is 2.05. The number of likely N-dealkylation sites (tertiary alicyclic amines) is 1. The monoisotopic (exact) mass is 581 g/mol. The molecule has 0 aliphatic carbocycles. The number of para-hydroxylation sites is 1. The molecule has 0 bridgehead atoms. The van der Waals surface area contributed by atoms with Crippen LogP contribution in [0.4, 0.5) is 0 Å². The third-order valence-corrected chi connectivity index (χ3v) is 7.99. The fourth-order valence-electron chi connectivity index (χ4n) is 5.47. The molecular formula is C32H47N5O5. The van der Waals surface area contributed by atoms with E-state index >= 15 is 0 Å². The average Bonchev–Trinajstić information content (AvgIpc) is 3.63. The van der Waals surface area contributed by atoms with Crippen molar-refractivity contribution in [3.05, 3.63) is 47.7 Å². The predicted molar refractivity (Wildman–Crippen MR) is 160 cm³/mol. The largest absolute Gasteiger partial charge is 0.480 e. The molecule has 1 N–H and O–H groups in total. The molecule has 1 aromatic heterocycles. The van der Waals surface area contributed by atoms with Gasteiger partial charge in [-0.25, -0.2) is 4.98 Å². The minimum atomic E-state index is -0.759. The van der Waals surface area contributed by atoms with Gasteiger partial charge in [0.25, 0.3) is 5.91 Å². The number of hydrogen-bond acceptors (Lipinski definition) is 7. The van der Waals surface area contributed by atoms with Gasteiger partial charge in [0.05, 0.1) is 11.8 Å². The van der Waals surface area contributed by atoms with Crippen LogP contribution >= 0.6 is 0 Å². The molecule has 2 saturated heterocycles. The lowest BCUT2D eigenvalue weighted by Crippen LogP contribution is -2.56. The van der Waals surface area contributed by atoms with Crippen LogP contribution in [0.25, 0.3) is 0 Å². The summed E-state index contributed by atoms with van der Waals surface area (Å²) in [5, 5.41) is 2.98. The first-order valence-electron chi connectivity index (χ1n) is 15.2. The van der Waals surface area contributed by atoms with Gasteiger partial charge in [-0.1, -0.05) is 46.8 Å². The molecule has 4 rings (SSSR count). The number of carbonyl (C=O) groups is 3. The highest BCUT2D eigenvalue weighted by Crippen LogP contribution is 2.29. The van der Waals surface area contributed by atoms with E-state index in [1.165, 1.54) is 0 Å². The molecule has 0 saturated carbocycles. The van der Waals surface area contributed by atoms with Crippen molar-refractivity contribution in [3.63, 3.8) is 0 Å². The second-order valence-electron chi connectivity index (χ2n) is 13.0. The topological polar surface area (TPSA) is 108 Å². The summed E-state index contributed by atoms with van der Waals surface area (Å²) in [5.41, 5.74) is 0.129. The molecule has 3 amide bonds. The number of nitrogens with one attached hydrogen (secondary N) is 1. The Kier molecular flexibility index (Phi) is 9.97. The van der Waals surface area contributed by atoms with Gasteiger partial charge in [-0.2, -0.15) is 0 Å². The van der Waals surface area contributed by atoms with Gasteiger partial charge in [0, 0.05) is 38.1 Å². The molecular weight excluding hydrogens is 534 g/mol. The van der Waals surface area contributed by atoms with Gasteiger partial charge in [0.2, 0.25) is 17.7 Å². The van der Waals surface area contributed by atoms with Crippen LogP contribution in [0, 0.1) is 5.92 Å². The van der Waals surface area contributed by atoms with Crippen molar-refractivity contribution in [3.8, 4) is 5.75 Å². The first-order chi connectivity index (χ1) is 19.8. The van der Waals surface area contributed by atoms with Crippen molar-refractivity contribution in [2.75, 3.05) is 39.8 Å². The van der Waals surface area contributed by atoms with Crippen LogP contribution in [0.15, 0.2) is 34.9 Å². The van der Waals surface area contributed by atoms with Crippen LogP contribution in [0.5, 0.6) is 5.75 Å². The fourth-order valence-corrected chi connectivity index (χ4v) is 5.47. The van der Waals surface area contributed by atoms with E-state index in [1.54, 1.807) is 35.4 Å². The number of hydrogen-bond donors (Lipinski definition) is 1. The third kappa shape index (κ3) is 7.51. The molecule has 10 heteroatoms. The number of amides is 3. The molecule has 10 nitrogen and oxygen atoms in total. The lowest BCUT2D eigenvalue weighted by Gasteiger charge is -2.36. The van der Waals surface area contributed by atoms with Crippen LogP contribution in [-0.2, 0) is 15.0 Å². The molecule has 2 aliphatic rings. The van der Waals surface area contributed by atoms with Crippen LogP contribution in [0.1, 0.15) is 88.9 Å². The number of nitrogens with zero attached hydrogens (tertiary/aromatic N) is 4. The van der Waals surface area contributed by atoms with Gasteiger partial charge in [-0.15, -0.1) is 0 Å². The minimum absolute atomic E-state index is 0.0115. The number of oxazole rings is 1. The Balaban J connectivity index is 1.48. The molecule has 2 fully saturated rings. The number of benzene rings is 1. The van der Waals surface area contributed by atoms with E-state index in [-0.39, 0.29) is 23.1 Å². The minimum Gasteiger partial charge on any atom is -0.480 e. The van der Waals surface area contributed by atoms with E-state index in [4.69, 9.17) is 9.15 Å². The molecule has 1 unspecified atom stereocenters. The Bertz CT molecular complexity index is 1240. The summed E-state index contributed by atoms with van der Waals surface area (Å²) in [5.74, 6) is 1.11. The first-order valence-corrected chi connectivity index (χ1v) is 15.2. The van der Waals surface area contributed by atoms with E-state index in [2.05, 4.69) is 15.2 Å². The first kappa shape index (κ1) is 31.5. The van der Waals surface area contributed by atoms with Gasteiger partial charge < -0.3 is 29.2 Å². The highest BCUT2D eigenvalue weighted by atomic mass is 16.5. The number of rotatable bonds is 9. The van der Waals surface area contributed by atoms with Crippen molar-refractivity contribution in [2.45, 2.75) is 84.4 Å². The van der Waals surface area contributed by atoms with E-state index in [1.807, 2.05) is 53.5 Å². The molecule has 1 aromatic carbocycles. The second kappa shape index (κ2) is 13.3. The highest BCUT2D eigenvalue weighted by molar-refractivity contribution is 6.00. The van der Waals surface area contributed by atoms with Crippen molar-refractivity contribution in [1.82, 2.24) is 25.0 Å². The third-order valence-electron chi connectivity index (χ3n) is 7.99. The van der Waals surface area contributed by atoms with Crippen molar-refractivity contribution < 1.29 is 23.5 Å². The van der Waals surface area contributed by atoms with Gasteiger partial charge in [-0.3, -0.25) is 14.4 Å². The maximum atomic E-state index is 13.9. The quantitative estimate of drug-likeness (QED) is 0.477. The number of ether oxygens (including phenoxy) is 1. The van der Waals surface area contributed by atoms with Crippen LogP contribution in [0.3, 0.4) is 0 Å². The van der Waals surface area contributed by atoms with Crippen molar-refractivity contribution in [2.24, 2.45) is 5.92 Å². The zero-order valence-corrected chi connectivity index (χ0v) is 26.2. The lowest BCUT2D eigenvalue weighted by molar-refractivity contribution is -0.145. The fraction of sp³-hybridized carbons (Fsp3) is 0.625. The van der Waals surface area contributed by atoms with Gasteiger partial charge in [-0.05, 0) is 51.3 Å². The summed E-state index contributed by atoms with van der Waals surface area (Å²) in [6.07, 6.45) is 3.04. The maximum absolute atomic E-state index is 13.9. The molecule has 230 valence electrons. The SMILES string of the molecule is CC(C)C[C@@H](NC(=O)c1ccccc1OC(C)c1ncc(C(C)(C)C)o1)C(=O)N1CCC[C@@H]1C(=O)N1CCN(C)CC1. The second-order valence-corrected chi connectivity index (χ2v) is 13.0. The van der Waals surface area contributed by atoms with Gasteiger partial charge in [0.1, 0.15) is 23.6 Å². The van der Waals surface area contributed by atoms with E-state index in [0.29, 0.717) is 49.7 Å². The molecule has 0 radical (unpaired) electrons. The summed E-state index contributed by atoms with van der Waals surface area (Å²) in [6, 6.07) is 5.72. The Morgan fingerprint density at radius 1 is 1.07 bits per heavy atom. The van der Waals surface area contributed by atoms with E-state index in [9.17, 15) is 14.4 Å². The zero-order chi connectivity index (χ0) is 30.6. The summed E-state index contributed by atoms with van der Waals surface area (Å²) in [4.78, 5) is 51.1. The maximum Gasteiger partial charge on any atom is 0.255 e. The number of carbonyl (C=O) groups excluding carboxylic acids is 3. The van der Waals surface area contributed by atoms with Gasteiger partial charge in [0.15, 0.2) is 6.10 Å². The molecule has 42 heavy (non-hydrogen) atoms. The summed E-state index contributed by atoms with van der Waals surface area (Å²) < 4.78 is 12.1. The number of piperazine rings is 1. The van der Waals surface area contributed by atoms with Crippen LogP contribution in [-0.4, -0.2) is 89.3 Å². The van der Waals surface area contributed by atoms with E-state index < -0.39 is 24.1 Å². The lowest BCUT2D eigenvalue weighted by atomic mass is 9.94. The highest BCUT2D eigenvalue weighted by Gasteiger charge is 2.40. The van der Waals surface area contributed by atoms with Crippen LogP contribution < -0.4 is 10.1 Å². The summed E-state index contributed by atoms with van der Waals surface area (Å²) in [6.45, 7) is 15.5. The van der Waals surface area contributed by atoms with Crippen molar-refractivity contribution in [1.29, 1.82) is 0 Å². The predicted octanol–water partition coefficient (Wildman–Crippen LogP) is 4.02. The van der Waals surface area contributed by atoms with Crippen LogP contribution in [0.2, 0.25) is 0 Å². The normalized spacial score (nSPS) is 19.6. The Morgan fingerprint density at radius 3 is 2.40 bits per heavy atom. The Morgan fingerprint density at radius 2 is 1.76 bits per heavy atom. The molecule has 3 atom stereocenters. The smallest absolute Gasteiger partial charge is 0.255 e. The Labute approximate surface area is 249 Å². The number of aromatic nitrogens is 1. The molecule has 0 spiro atoms. The Hall–Kier alpha value is -3.40. The average molecular weight is 582 g/mol. The van der Waals surface area contributed by atoms with Gasteiger partial charge >= 0.3 is 0 Å². The zero-order valence-electron chi connectivity index (χ0n) is 26.2. The molecule has 2 aliphatic heterocycles.